The van der Waals surface area contributed by atoms with Crippen LogP contribution >= 0.6 is 11.3 Å². The van der Waals surface area contributed by atoms with Gasteiger partial charge in [-0.2, -0.15) is 0 Å². The number of thiazole rings is 1. The predicted octanol–water partition coefficient (Wildman–Crippen LogP) is 3.07. The average Bonchev–Trinajstić information content (AvgIpc) is 3.27. The topological polar surface area (TPSA) is 58.4 Å². The first-order chi connectivity index (χ1) is 11.7. The van der Waals surface area contributed by atoms with Crippen LogP contribution in [0.1, 0.15) is 22.4 Å². The highest BCUT2D eigenvalue weighted by molar-refractivity contribution is 7.09. The minimum absolute atomic E-state index is 0.0480. The average molecular weight is 341 g/mol. The molecule has 1 amide bonds. The predicted molar refractivity (Wildman–Crippen MR) is 93.6 cm³/mol. The summed E-state index contributed by atoms with van der Waals surface area (Å²) >= 11 is 1.54. The van der Waals surface area contributed by atoms with Gasteiger partial charge in [0.1, 0.15) is 16.8 Å². The fourth-order valence-corrected chi connectivity index (χ4v) is 3.20. The molecule has 5 nitrogen and oxygen atoms in total. The van der Waals surface area contributed by atoms with Gasteiger partial charge in [0, 0.05) is 11.6 Å². The van der Waals surface area contributed by atoms with Crippen molar-refractivity contribution in [1.82, 2.24) is 15.2 Å². The van der Waals surface area contributed by atoms with Crippen molar-refractivity contribution in [1.29, 1.82) is 0 Å². The van der Waals surface area contributed by atoms with E-state index in [1.165, 1.54) is 11.3 Å². The lowest BCUT2D eigenvalue weighted by atomic mass is 10.1. The Kier molecular flexibility index (Phi) is 5.40. The highest BCUT2D eigenvalue weighted by Gasteiger charge is 2.19. The van der Waals surface area contributed by atoms with Crippen molar-refractivity contribution in [2.75, 3.05) is 13.6 Å². The zero-order valence-electron chi connectivity index (χ0n) is 13.4. The highest BCUT2D eigenvalue weighted by atomic mass is 32.1. The molecule has 1 atom stereocenters. The maximum atomic E-state index is 12.5. The number of amides is 1. The first-order valence-corrected chi connectivity index (χ1v) is 8.55. The second-order valence-electron chi connectivity index (χ2n) is 5.53. The van der Waals surface area contributed by atoms with Crippen LogP contribution in [0.2, 0.25) is 0 Å². The van der Waals surface area contributed by atoms with Crippen molar-refractivity contribution in [3.05, 3.63) is 76.6 Å². The van der Waals surface area contributed by atoms with E-state index < -0.39 is 0 Å². The van der Waals surface area contributed by atoms with Gasteiger partial charge in [0.15, 0.2) is 0 Å². The van der Waals surface area contributed by atoms with Gasteiger partial charge in [-0.25, -0.2) is 4.98 Å². The molecule has 0 aliphatic carbocycles. The van der Waals surface area contributed by atoms with E-state index in [1.54, 1.807) is 12.5 Å². The number of hydrogen-bond donors (Lipinski definition) is 1. The number of nitrogens with zero attached hydrogens (tertiary/aromatic N) is 2. The van der Waals surface area contributed by atoms with Gasteiger partial charge in [0.2, 0.25) is 5.91 Å². The van der Waals surface area contributed by atoms with Gasteiger partial charge >= 0.3 is 0 Å². The third-order valence-electron chi connectivity index (χ3n) is 3.56. The molecule has 3 aromatic rings. The maximum absolute atomic E-state index is 12.5. The fraction of sp³-hybridized carbons (Fsp3) is 0.222. The van der Waals surface area contributed by atoms with Crippen molar-refractivity contribution in [3.8, 4) is 0 Å². The Morgan fingerprint density at radius 3 is 2.79 bits per heavy atom. The number of rotatable bonds is 7. The van der Waals surface area contributed by atoms with E-state index in [2.05, 4.69) is 10.3 Å². The molecule has 0 saturated heterocycles. The van der Waals surface area contributed by atoms with Crippen LogP contribution in [-0.4, -0.2) is 29.4 Å². The fourth-order valence-electron chi connectivity index (χ4n) is 2.49. The van der Waals surface area contributed by atoms with E-state index in [0.717, 1.165) is 16.3 Å². The molecule has 2 aromatic heterocycles. The van der Waals surface area contributed by atoms with E-state index in [0.29, 0.717) is 6.54 Å². The molecule has 0 saturated carbocycles. The molecule has 0 radical (unpaired) electrons. The number of carbonyl (C=O) groups excluding carboxylic acids is 1. The van der Waals surface area contributed by atoms with E-state index >= 15 is 0 Å². The monoisotopic (exact) mass is 341 g/mol. The van der Waals surface area contributed by atoms with Gasteiger partial charge in [-0.05, 0) is 24.7 Å². The minimum atomic E-state index is -0.226. The molecular formula is C18H19N3O2S. The number of furan rings is 1. The summed E-state index contributed by atoms with van der Waals surface area (Å²) in [6.07, 6.45) is 3.39. The lowest BCUT2D eigenvalue weighted by Crippen LogP contribution is -2.37. The van der Waals surface area contributed by atoms with E-state index in [-0.39, 0.29) is 18.5 Å². The van der Waals surface area contributed by atoms with E-state index in [1.807, 2.05) is 59.8 Å². The Balaban J connectivity index is 1.65. The van der Waals surface area contributed by atoms with E-state index in [4.69, 9.17) is 4.42 Å². The lowest BCUT2D eigenvalue weighted by Gasteiger charge is -2.20. The van der Waals surface area contributed by atoms with Gasteiger partial charge < -0.3 is 9.73 Å². The summed E-state index contributed by atoms with van der Waals surface area (Å²) in [6, 6.07) is 13.4. The van der Waals surface area contributed by atoms with Gasteiger partial charge in [-0.1, -0.05) is 30.3 Å². The summed E-state index contributed by atoms with van der Waals surface area (Å²) in [5.74, 6) is 0.790. The van der Waals surface area contributed by atoms with Gasteiger partial charge in [0.25, 0.3) is 0 Å². The molecule has 6 heteroatoms. The van der Waals surface area contributed by atoms with Gasteiger partial charge in [0.05, 0.1) is 19.4 Å². The van der Waals surface area contributed by atoms with Crippen molar-refractivity contribution in [3.63, 3.8) is 0 Å². The molecule has 0 aliphatic heterocycles. The summed E-state index contributed by atoms with van der Waals surface area (Å²) < 4.78 is 5.31. The Morgan fingerprint density at radius 1 is 1.29 bits per heavy atom. The SMILES string of the molecule is CN(CC(=O)N[C@@H](c1ccccc1)c1nccs1)Cc1ccco1. The summed E-state index contributed by atoms with van der Waals surface area (Å²) in [4.78, 5) is 18.7. The molecule has 0 unspecified atom stereocenters. The van der Waals surface area contributed by atoms with Crippen LogP contribution in [0.4, 0.5) is 0 Å². The molecule has 1 N–H and O–H groups in total. The number of carbonyl (C=O) groups is 1. The summed E-state index contributed by atoms with van der Waals surface area (Å²) in [7, 11) is 1.89. The Labute approximate surface area is 144 Å². The second-order valence-corrected chi connectivity index (χ2v) is 6.46. The molecular weight excluding hydrogens is 322 g/mol. The molecule has 0 aliphatic rings. The van der Waals surface area contributed by atoms with Crippen LogP contribution in [-0.2, 0) is 11.3 Å². The molecule has 1 aromatic carbocycles. The molecule has 2 heterocycles. The normalized spacial score (nSPS) is 12.2. The summed E-state index contributed by atoms with van der Waals surface area (Å²) in [5, 5.41) is 5.88. The lowest BCUT2D eigenvalue weighted by molar-refractivity contribution is -0.122. The zero-order valence-corrected chi connectivity index (χ0v) is 14.2. The molecule has 0 fully saturated rings. The molecule has 3 rings (SSSR count). The quantitative estimate of drug-likeness (QED) is 0.717. The Bertz CT molecular complexity index is 742. The minimum Gasteiger partial charge on any atom is -0.468 e. The Hall–Kier alpha value is -2.44. The standard InChI is InChI=1S/C18H19N3O2S/c1-21(12-15-8-5-10-23-15)13-16(22)20-17(18-19-9-11-24-18)14-6-3-2-4-7-14/h2-11,17H,12-13H2,1H3,(H,20,22)/t17-/m0/s1. The van der Waals surface area contributed by atoms with Crippen LogP contribution in [0.3, 0.4) is 0 Å². The first kappa shape index (κ1) is 16.4. The highest BCUT2D eigenvalue weighted by Crippen LogP contribution is 2.23. The molecule has 0 spiro atoms. The van der Waals surface area contributed by atoms with Crippen LogP contribution in [0.25, 0.3) is 0 Å². The van der Waals surface area contributed by atoms with Crippen LogP contribution < -0.4 is 5.32 Å². The smallest absolute Gasteiger partial charge is 0.235 e. The van der Waals surface area contributed by atoms with Crippen molar-refractivity contribution in [2.24, 2.45) is 0 Å². The van der Waals surface area contributed by atoms with Crippen molar-refractivity contribution < 1.29 is 9.21 Å². The zero-order chi connectivity index (χ0) is 16.8. The number of aromatic nitrogens is 1. The van der Waals surface area contributed by atoms with Crippen LogP contribution in [0.5, 0.6) is 0 Å². The van der Waals surface area contributed by atoms with Gasteiger partial charge in [-0.15, -0.1) is 11.3 Å². The van der Waals surface area contributed by atoms with Crippen LogP contribution in [0, 0.1) is 0 Å². The molecule has 0 bridgehead atoms. The molecule has 124 valence electrons. The summed E-state index contributed by atoms with van der Waals surface area (Å²) in [5.41, 5.74) is 1.02. The Morgan fingerprint density at radius 2 is 2.12 bits per heavy atom. The first-order valence-electron chi connectivity index (χ1n) is 7.67. The van der Waals surface area contributed by atoms with Crippen LogP contribution in [0.15, 0.2) is 64.7 Å². The third kappa shape index (κ3) is 4.31. The van der Waals surface area contributed by atoms with E-state index in [9.17, 15) is 4.79 Å². The summed E-state index contributed by atoms with van der Waals surface area (Å²) in [6.45, 7) is 0.878. The maximum Gasteiger partial charge on any atom is 0.235 e. The number of likely N-dealkylation sites (N-methyl/N-ethyl adjacent to an activating group) is 1. The van der Waals surface area contributed by atoms with Gasteiger partial charge in [-0.3, -0.25) is 9.69 Å². The third-order valence-corrected chi connectivity index (χ3v) is 4.40. The molecule has 24 heavy (non-hydrogen) atoms. The number of hydrogen-bond acceptors (Lipinski definition) is 5. The second kappa shape index (κ2) is 7.90. The van der Waals surface area contributed by atoms with Crippen molar-refractivity contribution in [2.45, 2.75) is 12.6 Å². The number of nitrogens with one attached hydrogen (secondary N) is 1. The van der Waals surface area contributed by atoms with Crippen molar-refractivity contribution >= 4 is 17.2 Å². The number of benzene rings is 1. The largest absolute Gasteiger partial charge is 0.468 e.